The first-order valence-corrected chi connectivity index (χ1v) is 10.9. The largest absolute Gasteiger partial charge is 0.383 e. The van der Waals surface area contributed by atoms with Crippen LogP contribution in [-0.2, 0) is 0 Å². The van der Waals surface area contributed by atoms with E-state index >= 15 is 0 Å². The summed E-state index contributed by atoms with van der Waals surface area (Å²) >= 11 is 1.66. The lowest BCUT2D eigenvalue weighted by Gasteiger charge is -2.15. The lowest BCUT2D eigenvalue weighted by Crippen LogP contribution is -2.24. The maximum absolute atomic E-state index is 13.6. The van der Waals surface area contributed by atoms with Crippen molar-refractivity contribution in [2.75, 3.05) is 12.0 Å². The van der Waals surface area contributed by atoms with E-state index in [4.69, 9.17) is 10.7 Å². The van der Waals surface area contributed by atoms with E-state index < -0.39 is 0 Å². The summed E-state index contributed by atoms with van der Waals surface area (Å²) in [6.07, 6.45) is 2.03. The summed E-state index contributed by atoms with van der Waals surface area (Å²) in [6, 6.07) is 15.9. The zero-order valence-electron chi connectivity index (χ0n) is 17.4. The molecule has 0 radical (unpaired) electrons. The average molecular weight is 418 g/mol. The fourth-order valence-electron chi connectivity index (χ4n) is 3.40. The monoisotopic (exact) mass is 417 g/mol. The van der Waals surface area contributed by atoms with Gasteiger partial charge in [-0.1, -0.05) is 38.1 Å². The standard InChI is InChI=1S/C23H23N5OS/c1-13(2)15-5-9-17(10-6-15)28-22(16-7-11-18(30-4)12-8-16)27-21-19(23(28)29)20(24)25-14(3)26-21/h5-13H,1-4H3,(H2,24,25,26). The van der Waals surface area contributed by atoms with Gasteiger partial charge in [-0.15, -0.1) is 11.8 Å². The number of hydrogen-bond donors (Lipinski definition) is 1. The molecule has 0 aliphatic carbocycles. The molecular formula is C23H23N5OS. The van der Waals surface area contributed by atoms with Gasteiger partial charge in [0.1, 0.15) is 22.9 Å². The maximum Gasteiger partial charge on any atom is 0.271 e. The van der Waals surface area contributed by atoms with Crippen LogP contribution in [0.3, 0.4) is 0 Å². The molecule has 0 saturated heterocycles. The Morgan fingerprint density at radius 1 is 0.967 bits per heavy atom. The number of nitrogens with two attached hydrogens (primary N) is 1. The minimum atomic E-state index is -0.279. The highest BCUT2D eigenvalue weighted by molar-refractivity contribution is 7.98. The highest BCUT2D eigenvalue weighted by Crippen LogP contribution is 2.26. The number of rotatable bonds is 4. The SMILES string of the molecule is CSc1ccc(-c2nc3nc(C)nc(N)c3c(=O)n2-c2ccc(C(C)C)cc2)cc1. The second kappa shape index (κ2) is 7.91. The van der Waals surface area contributed by atoms with Gasteiger partial charge in [0.2, 0.25) is 0 Å². The first kappa shape index (κ1) is 20.1. The Balaban J connectivity index is 2.04. The fraction of sp³-hybridized carbons (Fsp3) is 0.217. The molecule has 7 heteroatoms. The Morgan fingerprint density at radius 3 is 2.23 bits per heavy atom. The smallest absolute Gasteiger partial charge is 0.271 e. The number of anilines is 1. The number of aromatic nitrogens is 4. The van der Waals surface area contributed by atoms with Gasteiger partial charge in [-0.05, 0) is 48.9 Å². The number of thioether (sulfide) groups is 1. The first-order valence-electron chi connectivity index (χ1n) is 9.70. The second-order valence-corrected chi connectivity index (χ2v) is 8.29. The third kappa shape index (κ3) is 3.57. The topological polar surface area (TPSA) is 86.7 Å². The van der Waals surface area contributed by atoms with Gasteiger partial charge < -0.3 is 5.73 Å². The molecule has 0 bridgehead atoms. The Hall–Kier alpha value is -3.19. The zero-order chi connectivity index (χ0) is 21.4. The summed E-state index contributed by atoms with van der Waals surface area (Å²) in [7, 11) is 0. The molecule has 30 heavy (non-hydrogen) atoms. The van der Waals surface area contributed by atoms with E-state index in [9.17, 15) is 4.79 Å². The molecule has 2 aromatic carbocycles. The summed E-state index contributed by atoms with van der Waals surface area (Å²) in [5.74, 6) is 1.55. The second-order valence-electron chi connectivity index (χ2n) is 7.41. The predicted octanol–water partition coefficient (Wildman–Crippen LogP) is 4.58. The van der Waals surface area contributed by atoms with E-state index in [-0.39, 0.29) is 16.8 Å². The average Bonchev–Trinajstić information content (AvgIpc) is 2.73. The first-order chi connectivity index (χ1) is 14.4. The molecule has 0 amide bonds. The van der Waals surface area contributed by atoms with Crippen molar-refractivity contribution < 1.29 is 0 Å². The molecule has 0 spiro atoms. The highest BCUT2D eigenvalue weighted by Gasteiger charge is 2.18. The molecule has 4 rings (SSSR count). The van der Waals surface area contributed by atoms with Crippen molar-refractivity contribution >= 4 is 28.6 Å². The van der Waals surface area contributed by atoms with Crippen molar-refractivity contribution in [3.05, 3.63) is 70.3 Å². The number of hydrogen-bond acceptors (Lipinski definition) is 6. The molecular weight excluding hydrogens is 394 g/mol. The van der Waals surface area contributed by atoms with E-state index in [1.165, 1.54) is 5.56 Å². The van der Waals surface area contributed by atoms with Crippen LogP contribution in [-0.4, -0.2) is 25.8 Å². The molecule has 0 saturated carbocycles. The number of benzene rings is 2. The van der Waals surface area contributed by atoms with Crippen LogP contribution in [0, 0.1) is 6.92 Å². The van der Waals surface area contributed by atoms with Gasteiger partial charge in [0.15, 0.2) is 5.65 Å². The molecule has 2 N–H and O–H groups in total. The van der Waals surface area contributed by atoms with E-state index in [0.29, 0.717) is 23.2 Å². The van der Waals surface area contributed by atoms with Gasteiger partial charge >= 0.3 is 0 Å². The zero-order valence-corrected chi connectivity index (χ0v) is 18.2. The fourth-order valence-corrected chi connectivity index (χ4v) is 3.81. The van der Waals surface area contributed by atoms with Crippen LogP contribution in [0.2, 0.25) is 0 Å². The lowest BCUT2D eigenvalue weighted by molar-refractivity contribution is 0.863. The van der Waals surface area contributed by atoms with Gasteiger partial charge in [0, 0.05) is 10.5 Å². The minimum absolute atomic E-state index is 0.145. The van der Waals surface area contributed by atoms with Crippen LogP contribution in [0.4, 0.5) is 5.82 Å². The maximum atomic E-state index is 13.6. The molecule has 0 unspecified atom stereocenters. The summed E-state index contributed by atoms with van der Waals surface area (Å²) in [5, 5.41) is 0.234. The summed E-state index contributed by atoms with van der Waals surface area (Å²) in [5.41, 5.74) is 8.87. The summed E-state index contributed by atoms with van der Waals surface area (Å²) in [6.45, 7) is 6.01. The van der Waals surface area contributed by atoms with Crippen LogP contribution in [0.5, 0.6) is 0 Å². The Kier molecular flexibility index (Phi) is 5.30. The quantitative estimate of drug-likeness (QED) is 0.489. The van der Waals surface area contributed by atoms with Crippen LogP contribution < -0.4 is 11.3 Å². The third-order valence-corrected chi connectivity index (χ3v) is 5.78. The van der Waals surface area contributed by atoms with Gasteiger partial charge in [-0.3, -0.25) is 9.36 Å². The Bertz CT molecular complexity index is 1280. The lowest BCUT2D eigenvalue weighted by atomic mass is 10.0. The summed E-state index contributed by atoms with van der Waals surface area (Å²) in [4.78, 5) is 28.0. The van der Waals surface area contributed by atoms with Gasteiger partial charge in [0.25, 0.3) is 5.56 Å². The molecule has 2 heterocycles. The van der Waals surface area contributed by atoms with Crippen LogP contribution >= 0.6 is 11.8 Å². The van der Waals surface area contributed by atoms with E-state index in [1.807, 2.05) is 54.8 Å². The van der Waals surface area contributed by atoms with Crippen LogP contribution in [0.15, 0.2) is 58.2 Å². The van der Waals surface area contributed by atoms with Crippen molar-refractivity contribution in [1.82, 2.24) is 19.5 Å². The van der Waals surface area contributed by atoms with Gasteiger partial charge in [-0.2, -0.15) is 0 Å². The molecule has 4 aromatic rings. The molecule has 6 nitrogen and oxygen atoms in total. The highest BCUT2D eigenvalue weighted by atomic mass is 32.2. The van der Waals surface area contributed by atoms with Crippen molar-refractivity contribution in [3.8, 4) is 17.1 Å². The van der Waals surface area contributed by atoms with Crippen LogP contribution in [0.25, 0.3) is 28.1 Å². The minimum Gasteiger partial charge on any atom is -0.383 e. The summed E-state index contributed by atoms with van der Waals surface area (Å²) < 4.78 is 1.59. The van der Waals surface area contributed by atoms with Crippen molar-refractivity contribution in [3.63, 3.8) is 0 Å². The predicted molar refractivity (Wildman–Crippen MR) is 123 cm³/mol. The van der Waals surface area contributed by atoms with Crippen molar-refractivity contribution in [1.29, 1.82) is 0 Å². The molecule has 0 aliphatic heterocycles. The van der Waals surface area contributed by atoms with Crippen molar-refractivity contribution in [2.45, 2.75) is 31.6 Å². The third-order valence-electron chi connectivity index (χ3n) is 5.04. The number of nitrogens with zero attached hydrogens (tertiary/aromatic N) is 4. The molecule has 2 aromatic heterocycles. The number of aryl methyl sites for hydroxylation is 1. The van der Waals surface area contributed by atoms with E-state index in [2.05, 4.69) is 23.8 Å². The number of nitrogen functional groups attached to an aromatic ring is 1. The Labute approximate surface area is 179 Å². The van der Waals surface area contributed by atoms with Gasteiger partial charge in [-0.25, -0.2) is 15.0 Å². The Morgan fingerprint density at radius 2 is 1.63 bits per heavy atom. The molecule has 0 atom stereocenters. The van der Waals surface area contributed by atoms with E-state index in [0.717, 1.165) is 16.1 Å². The molecule has 0 aliphatic rings. The molecule has 152 valence electrons. The normalized spacial score (nSPS) is 11.4. The number of fused-ring (bicyclic) bond motifs is 1. The van der Waals surface area contributed by atoms with Crippen molar-refractivity contribution in [2.24, 2.45) is 0 Å². The molecule has 0 fully saturated rings. The van der Waals surface area contributed by atoms with E-state index in [1.54, 1.807) is 23.3 Å². The van der Waals surface area contributed by atoms with Crippen LogP contribution in [0.1, 0.15) is 31.2 Å². The van der Waals surface area contributed by atoms with Gasteiger partial charge in [0.05, 0.1) is 5.69 Å².